The summed E-state index contributed by atoms with van der Waals surface area (Å²) < 4.78 is 0. The Morgan fingerprint density at radius 2 is 1.81 bits per heavy atom. The summed E-state index contributed by atoms with van der Waals surface area (Å²) in [4.78, 5) is 40.2. The molecule has 1 aliphatic heterocycles. The fourth-order valence-electron chi connectivity index (χ4n) is 3.82. The predicted octanol–water partition coefficient (Wildman–Crippen LogP) is 4.01. The first-order chi connectivity index (χ1) is 15.3. The summed E-state index contributed by atoms with van der Waals surface area (Å²) in [7, 11) is 0. The molecule has 0 saturated carbocycles. The van der Waals surface area contributed by atoms with E-state index in [9.17, 15) is 24.8 Å². The van der Waals surface area contributed by atoms with Crippen LogP contribution in [0.3, 0.4) is 0 Å². The van der Waals surface area contributed by atoms with Gasteiger partial charge >= 0.3 is 0 Å². The Labute approximate surface area is 190 Å². The van der Waals surface area contributed by atoms with Gasteiger partial charge in [-0.2, -0.15) is 0 Å². The van der Waals surface area contributed by atoms with Crippen LogP contribution in [0, 0.1) is 10.1 Å². The largest absolute Gasteiger partial charge is 0.507 e. The molecule has 1 amide bonds. The highest BCUT2D eigenvalue weighted by Crippen LogP contribution is 2.40. The molecular weight excluding hydrogens is 434 g/mol. The third-order valence-corrected chi connectivity index (χ3v) is 5.86. The van der Waals surface area contributed by atoms with Crippen LogP contribution in [0.5, 0.6) is 0 Å². The number of ketones is 1. The van der Waals surface area contributed by atoms with E-state index in [1.54, 1.807) is 30.3 Å². The maximum atomic E-state index is 13.0. The number of nitro groups is 1. The summed E-state index contributed by atoms with van der Waals surface area (Å²) in [6.07, 6.45) is 0. The van der Waals surface area contributed by atoms with E-state index in [2.05, 4.69) is 4.90 Å². The molecule has 8 nitrogen and oxygen atoms in total. The minimum Gasteiger partial charge on any atom is -0.507 e. The van der Waals surface area contributed by atoms with Gasteiger partial charge in [0.05, 0.1) is 16.5 Å². The minimum absolute atomic E-state index is 0.0997. The van der Waals surface area contributed by atoms with Crippen molar-refractivity contribution in [1.82, 2.24) is 9.80 Å². The monoisotopic (exact) mass is 457 g/mol. The number of carbonyl (C=O) groups is 2. The van der Waals surface area contributed by atoms with Gasteiger partial charge in [0.2, 0.25) is 0 Å². The van der Waals surface area contributed by atoms with Crippen LogP contribution in [0.15, 0.2) is 54.1 Å². The second-order valence-electron chi connectivity index (χ2n) is 7.38. The molecule has 0 bridgehead atoms. The Hall–Kier alpha value is -3.23. The van der Waals surface area contributed by atoms with E-state index in [1.807, 2.05) is 13.8 Å². The summed E-state index contributed by atoms with van der Waals surface area (Å²) in [6, 6.07) is 11.1. The van der Waals surface area contributed by atoms with Crippen molar-refractivity contribution >= 4 is 34.7 Å². The molecule has 0 spiro atoms. The standard InChI is InChI=1S/C23H24ClN3O5/c1-3-25(4-2)12-13-26-20(16-6-5-7-18(14-16)27(31)32)19(22(29)23(26)30)21(28)15-8-10-17(24)11-9-15/h5-11,14,20,28H,3-4,12-13H2,1-2H3/b21-19-/t20-/m0/s1. The second-order valence-corrected chi connectivity index (χ2v) is 7.81. The van der Waals surface area contributed by atoms with Gasteiger partial charge in [0.1, 0.15) is 5.76 Å². The number of likely N-dealkylation sites (tertiary alicyclic amines) is 1. The van der Waals surface area contributed by atoms with E-state index in [1.165, 1.54) is 23.1 Å². The number of hydrogen-bond acceptors (Lipinski definition) is 6. The first kappa shape index (κ1) is 23.4. The highest BCUT2D eigenvalue weighted by atomic mass is 35.5. The van der Waals surface area contributed by atoms with E-state index in [4.69, 9.17) is 11.6 Å². The minimum atomic E-state index is -0.943. The first-order valence-electron chi connectivity index (χ1n) is 10.3. The molecule has 2 aromatic carbocycles. The Morgan fingerprint density at radius 1 is 1.16 bits per heavy atom. The van der Waals surface area contributed by atoms with E-state index < -0.39 is 22.7 Å². The van der Waals surface area contributed by atoms with Crippen LogP contribution >= 0.6 is 11.6 Å². The van der Waals surface area contributed by atoms with E-state index in [0.717, 1.165) is 13.1 Å². The third kappa shape index (κ3) is 4.66. The van der Waals surface area contributed by atoms with Gasteiger partial charge in [-0.3, -0.25) is 19.7 Å². The zero-order chi connectivity index (χ0) is 23.4. The number of aliphatic hydroxyl groups excluding tert-OH is 1. The van der Waals surface area contributed by atoms with Crippen molar-refractivity contribution in [2.75, 3.05) is 26.2 Å². The molecule has 168 valence electrons. The lowest BCUT2D eigenvalue weighted by atomic mass is 9.95. The van der Waals surface area contributed by atoms with Gasteiger partial charge in [-0.05, 0) is 42.9 Å². The van der Waals surface area contributed by atoms with Gasteiger partial charge in [0, 0.05) is 35.8 Å². The van der Waals surface area contributed by atoms with E-state index in [-0.39, 0.29) is 23.6 Å². The molecule has 9 heteroatoms. The number of likely N-dealkylation sites (N-methyl/N-ethyl adjacent to an activating group) is 1. The molecule has 1 atom stereocenters. The van der Waals surface area contributed by atoms with Crippen molar-refractivity contribution in [2.24, 2.45) is 0 Å². The maximum absolute atomic E-state index is 13.0. The third-order valence-electron chi connectivity index (χ3n) is 5.61. The van der Waals surface area contributed by atoms with Gasteiger partial charge in [-0.15, -0.1) is 0 Å². The molecule has 0 aliphatic carbocycles. The van der Waals surface area contributed by atoms with Crippen molar-refractivity contribution in [3.8, 4) is 0 Å². The predicted molar refractivity (Wildman–Crippen MR) is 121 cm³/mol. The summed E-state index contributed by atoms with van der Waals surface area (Å²) in [5, 5.41) is 22.8. The molecule has 1 N–H and O–H groups in total. The van der Waals surface area contributed by atoms with Gasteiger partial charge in [-0.1, -0.05) is 37.6 Å². The zero-order valence-corrected chi connectivity index (χ0v) is 18.6. The van der Waals surface area contributed by atoms with Gasteiger partial charge < -0.3 is 14.9 Å². The Morgan fingerprint density at radius 3 is 2.41 bits per heavy atom. The van der Waals surface area contributed by atoms with Crippen LogP contribution in [-0.4, -0.2) is 57.7 Å². The van der Waals surface area contributed by atoms with Crippen molar-refractivity contribution in [1.29, 1.82) is 0 Å². The highest BCUT2D eigenvalue weighted by Gasteiger charge is 2.46. The lowest BCUT2D eigenvalue weighted by molar-refractivity contribution is -0.384. The number of nitro benzene ring substituents is 1. The van der Waals surface area contributed by atoms with Crippen molar-refractivity contribution in [2.45, 2.75) is 19.9 Å². The highest BCUT2D eigenvalue weighted by molar-refractivity contribution is 6.46. The normalized spacial score (nSPS) is 17.9. The van der Waals surface area contributed by atoms with Crippen LogP contribution in [0.1, 0.15) is 31.0 Å². The molecule has 1 fully saturated rings. The molecular formula is C23H24ClN3O5. The first-order valence-corrected chi connectivity index (χ1v) is 10.7. The zero-order valence-electron chi connectivity index (χ0n) is 17.8. The van der Waals surface area contributed by atoms with Gasteiger partial charge in [0.15, 0.2) is 0 Å². The second kappa shape index (κ2) is 9.93. The topological polar surface area (TPSA) is 104 Å². The number of carbonyl (C=O) groups excluding carboxylic acids is 2. The fourth-order valence-corrected chi connectivity index (χ4v) is 3.94. The summed E-state index contributed by atoms with van der Waals surface area (Å²) in [5.41, 5.74) is 0.445. The SMILES string of the molecule is CCN(CC)CCN1C(=O)C(=O)/C(=C(\O)c2ccc(Cl)cc2)[C@@H]1c1cccc([N+](=O)[O-])c1. The number of rotatable bonds is 8. The fraction of sp³-hybridized carbons (Fsp3) is 0.304. The average molecular weight is 458 g/mol. The van der Waals surface area contributed by atoms with Crippen molar-refractivity contribution in [3.05, 3.63) is 80.4 Å². The molecule has 0 radical (unpaired) electrons. The number of aliphatic hydroxyl groups is 1. The summed E-state index contributed by atoms with van der Waals surface area (Å²) in [6.45, 7) is 6.29. The number of hydrogen-bond donors (Lipinski definition) is 1. The number of amides is 1. The lowest BCUT2D eigenvalue weighted by Crippen LogP contribution is -2.38. The van der Waals surface area contributed by atoms with Crippen LogP contribution in [0.25, 0.3) is 5.76 Å². The number of halogens is 1. The van der Waals surface area contributed by atoms with Crippen LogP contribution in [0.4, 0.5) is 5.69 Å². The average Bonchev–Trinajstić information content (AvgIpc) is 3.04. The van der Waals surface area contributed by atoms with E-state index in [0.29, 0.717) is 22.7 Å². The number of Topliss-reactive ketones (excluding diaryl/α,β-unsaturated/α-hetero) is 1. The van der Waals surface area contributed by atoms with Crippen LogP contribution in [0.2, 0.25) is 5.02 Å². The molecule has 3 rings (SSSR count). The molecule has 1 aliphatic rings. The number of nitrogens with zero attached hydrogens (tertiary/aromatic N) is 3. The number of benzene rings is 2. The molecule has 2 aromatic rings. The number of non-ortho nitro benzene ring substituents is 1. The van der Waals surface area contributed by atoms with E-state index >= 15 is 0 Å². The van der Waals surface area contributed by atoms with Crippen molar-refractivity contribution in [3.63, 3.8) is 0 Å². The van der Waals surface area contributed by atoms with Gasteiger partial charge in [-0.25, -0.2) is 0 Å². The summed E-state index contributed by atoms with van der Waals surface area (Å²) >= 11 is 5.93. The maximum Gasteiger partial charge on any atom is 0.295 e. The lowest BCUT2D eigenvalue weighted by Gasteiger charge is -2.28. The Balaban J connectivity index is 2.13. The molecule has 1 saturated heterocycles. The molecule has 0 unspecified atom stereocenters. The Bertz CT molecular complexity index is 1060. The quantitative estimate of drug-likeness (QED) is 0.211. The van der Waals surface area contributed by atoms with Gasteiger partial charge in [0.25, 0.3) is 17.4 Å². The smallest absolute Gasteiger partial charge is 0.295 e. The Kier molecular flexibility index (Phi) is 7.27. The molecule has 0 aromatic heterocycles. The molecule has 32 heavy (non-hydrogen) atoms. The molecule has 1 heterocycles. The van der Waals surface area contributed by atoms with Crippen LogP contribution < -0.4 is 0 Å². The van der Waals surface area contributed by atoms with Crippen molar-refractivity contribution < 1.29 is 19.6 Å². The summed E-state index contributed by atoms with van der Waals surface area (Å²) in [5.74, 6) is -1.92. The van der Waals surface area contributed by atoms with Crippen LogP contribution in [-0.2, 0) is 9.59 Å².